The Morgan fingerprint density at radius 1 is 1.32 bits per heavy atom. The Bertz CT molecular complexity index is 465. The van der Waals surface area contributed by atoms with Crippen LogP contribution in [0.3, 0.4) is 0 Å². The van der Waals surface area contributed by atoms with Gasteiger partial charge in [-0.3, -0.25) is 0 Å². The Morgan fingerprint density at radius 3 is 2.77 bits per heavy atom. The summed E-state index contributed by atoms with van der Waals surface area (Å²) in [6, 6.07) is 6.01. The molecule has 1 aromatic rings. The van der Waals surface area contributed by atoms with Crippen LogP contribution < -0.4 is 20.1 Å². The molecule has 2 rings (SSSR count). The summed E-state index contributed by atoms with van der Waals surface area (Å²) in [7, 11) is 1.66. The maximum Gasteiger partial charge on any atom is 0.161 e. The summed E-state index contributed by atoms with van der Waals surface area (Å²) in [5.74, 6) is 2.32. The van der Waals surface area contributed by atoms with Crippen LogP contribution in [0, 0.1) is 11.8 Å². The molecule has 5 heteroatoms. The summed E-state index contributed by atoms with van der Waals surface area (Å²) in [6.45, 7) is 8.06. The van der Waals surface area contributed by atoms with E-state index in [0.717, 1.165) is 36.7 Å². The lowest BCUT2D eigenvalue weighted by molar-refractivity contribution is 0.146. The number of hydrogen-bond donors (Lipinski definition) is 3. The molecule has 0 saturated carbocycles. The van der Waals surface area contributed by atoms with Crippen LogP contribution in [0.1, 0.15) is 19.4 Å². The number of rotatable bonds is 8. The Hall–Kier alpha value is -1.30. The number of β-amino-alcohol motifs (C(OH)–C–C–N with tert-alkyl or cyclic N) is 1. The molecule has 1 heterocycles. The van der Waals surface area contributed by atoms with Crippen molar-refractivity contribution in [3.63, 3.8) is 0 Å². The van der Waals surface area contributed by atoms with Gasteiger partial charge in [-0.05, 0) is 23.6 Å². The molecule has 22 heavy (non-hydrogen) atoms. The van der Waals surface area contributed by atoms with Gasteiger partial charge in [0.15, 0.2) is 11.5 Å². The van der Waals surface area contributed by atoms with E-state index >= 15 is 0 Å². The van der Waals surface area contributed by atoms with Crippen molar-refractivity contribution in [2.45, 2.75) is 26.5 Å². The highest BCUT2D eigenvalue weighted by Gasteiger charge is 2.24. The monoisotopic (exact) mass is 308 g/mol. The molecular formula is C17H28N2O3. The maximum atomic E-state index is 9.78. The quantitative estimate of drug-likeness (QED) is 0.677. The zero-order valence-corrected chi connectivity index (χ0v) is 13.8. The third kappa shape index (κ3) is 4.87. The molecular weight excluding hydrogens is 280 g/mol. The number of hydrogen-bond acceptors (Lipinski definition) is 5. The van der Waals surface area contributed by atoms with E-state index in [1.807, 2.05) is 18.2 Å². The van der Waals surface area contributed by atoms with Gasteiger partial charge < -0.3 is 25.2 Å². The van der Waals surface area contributed by atoms with Crippen LogP contribution in [0.25, 0.3) is 0 Å². The van der Waals surface area contributed by atoms with E-state index in [-0.39, 0.29) is 12.0 Å². The van der Waals surface area contributed by atoms with Crippen molar-refractivity contribution in [3.05, 3.63) is 23.8 Å². The molecule has 0 aliphatic carbocycles. The van der Waals surface area contributed by atoms with Gasteiger partial charge in [0.2, 0.25) is 0 Å². The van der Waals surface area contributed by atoms with Crippen LogP contribution in [0.15, 0.2) is 18.2 Å². The minimum atomic E-state index is -0.242. The Kier molecular flexibility index (Phi) is 6.49. The molecule has 2 unspecified atom stereocenters. The zero-order valence-electron chi connectivity index (χ0n) is 13.8. The summed E-state index contributed by atoms with van der Waals surface area (Å²) >= 11 is 0. The molecule has 3 N–H and O–H groups in total. The van der Waals surface area contributed by atoms with E-state index in [0.29, 0.717) is 19.1 Å². The predicted octanol–water partition coefficient (Wildman–Crippen LogP) is 1.40. The number of nitrogens with one attached hydrogen (secondary N) is 2. The van der Waals surface area contributed by atoms with E-state index in [4.69, 9.17) is 9.47 Å². The second-order valence-corrected chi connectivity index (χ2v) is 6.31. The standard InChI is InChI=1S/C17H28N2O3/c1-12(2)11-22-17-6-13(4-5-16(17)21-3)7-18-8-14-9-19-10-15(14)20/h4-6,12,14-15,18-20H,7-11H2,1-3H3. The fourth-order valence-corrected chi connectivity index (χ4v) is 2.53. The molecule has 0 aromatic heterocycles. The van der Waals surface area contributed by atoms with Gasteiger partial charge in [0.25, 0.3) is 0 Å². The lowest BCUT2D eigenvalue weighted by Crippen LogP contribution is -2.30. The second kappa shape index (κ2) is 8.36. The first kappa shape index (κ1) is 17.1. The SMILES string of the molecule is COc1ccc(CNCC2CNCC2O)cc1OCC(C)C. The van der Waals surface area contributed by atoms with E-state index < -0.39 is 0 Å². The first-order valence-electron chi connectivity index (χ1n) is 7.99. The summed E-state index contributed by atoms with van der Waals surface area (Å²) in [6.07, 6.45) is -0.242. The Balaban J connectivity index is 1.88. The largest absolute Gasteiger partial charge is 0.493 e. The van der Waals surface area contributed by atoms with Crippen LogP contribution >= 0.6 is 0 Å². The molecule has 0 radical (unpaired) electrons. The van der Waals surface area contributed by atoms with Crippen molar-refractivity contribution >= 4 is 0 Å². The normalized spacial score (nSPS) is 21.3. The molecule has 0 bridgehead atoms. The van der Waals surface area contributed by atoms with E-state index in [2.05, 4.69) is 24.5 Å². The van der Waals surface area contributed by atoms with Crippen molar-refractivity contribution < 1.29 is 14.6 Å². The van der Waals surface area contributed by atoms with Gasteiger partial charge in [-0.2, -0.15) is 0 Å². The lowest BCUT2D eigenvalue weighted by Gasteiger charge is -2.16. The fraction of sp³-hybridized carbons (Fsp3) is 0.647. The van der Waals surface area contributed by atoms with E-state index in [9.17, 15) is 5.11 Å². The number of ether oxygens (including phenoxy) is 2. The summed E-state index contributed by atoms with van der Waals surface area (Å²) < 4.78 is 11.2. The maximum absolute atomic E-state index is 9.78. The molecule has 0 spiro atoms. The molecule has 2 atom stereocenters. The third-order valence-electron chi connectivity index (χ3n) is 3.84. The number of aliphatic hydroxyl groups is 1. The van der Waals surface area contributed by atoms with Crippen LogP contribution in [-0.4, -0.2) is 44.6 Å². The van der Waals surface area contributed by atoms with Crippen LogP contribution in [-0.2, 0) is 6.54 Å². The number of aliphatic hydroxyl groups excluding tert-OH is 1. The van der Waals surface area contributed by atoms with Gasteiger partial charge in [0.05, 0.1) is 19.8 Å². The highest BCUT2D eigenvalue weighted by Crippen LogP contribution is 2.28. The van der Waals surface area contributed by atoms with E-state index in [1.165, 1.54) is 0 Å². The summed E-state index contributed by atoms with van der Waals surface area (Å²) in [5, 5.41) is 16.4. The highest BCUT2D eigenvalue weighted by atomic mass is 16.5. The summed E-state index contributed by atoms with van der Waals surface area (Å²) in [5.41, 5.74) is 1.15. The van der Waals surface area contributed by atoms with Gasteiger partial charge in [-0.25, -0.2) is 0 Å². The predicted molar refractivity (Wildman–Crippen MR) is 87.4 cm³/mol. The molecule has 1 aliphatic heterocycles. The van der Waals surface area contributed by atoms with E-state index in [1.54, 1.807) is 7.11 Å². The molecule has 5 nitrogen and oxygen atoms in total. The average Bonchev–Trinajstić information content (AvgIpc) is 2.90. The van der Waals surface area contributed by atoms with Crippen LogP contribution in [0.2, 0.25) is 0 Å². The Labute approximate surface area is 133 Å². The molecule has 1 fully saturated rings. The minimum absolute atomic E-state index is 0.242. The lowest BCUT2D eigenvalue weighted by atomic mass is 10.1. The third-order valence-corrected chi connectivity index (χ3v) is 3.84. The van der Waals surface area contributed by atoms with Crippen molar-refractivity contribution in [1.29, 1.82) is 0 Å². The molecule has 0 amide bonds. The number of benzene rings is 1. The fourth-order valence-electron chi connectivity index (χ4n) is 2.53. The smallest absolute Gasteiger partial charge is 0.161 e. The topological polar surface area (TPSA) is 62.8 Å². The molecule has 124 valence electrons. The first-order chi connectivity index (χ1) is 10.6. The van der Waals surface area contributed by atoms with Crippen molar-refractivity contribution in [3.8, 4) is 11.5 Å². The highest BCUT2D eigenvalue weighted by molar-refractivity contribution is 5.42. The van der Waals surface area contributed by atoms with Crippen LogP contribution in [0.5, 0.6) is 11.5 Å². The molecule has 1 aliphatic rings. The molecule has 1 aromatic carbocycles. The van der Waals surface area contributed by atoms with Crippen molar-refractivity contribution in [2.24, 2.45) is 11.8 Å². The van der Waals surface area contributed by atoms with Gasteiger partial charge in [0.1, 0.15) is 0 Å². The van der Waals surface area contributed by atoms with Gasteiger partial charge in [0, 0.05) is 32.1 Å². The van der Waals surface area contributed by atoms with Gasteiger partial charge >= 0.3 is 0 Å². The second-order valence-electron chi connectivity index (χ2n) is 6.31. The van der Waals surface area contributed by atoms with Gasteiger partial charge in [-0.1, -0.05) is 19.9 Å². The number of methoxy groups -OCH3 is 1. The zero-order chi connectivity index (χ0) is 15.9. The van der Waals surface area contributed by atoms with Crippen LogP contribution in [0.4, 0.5) is 0 Å². The average molecular weight is 308 g/mol. The first-order valence-corrected chi connectivity index (χ1v) is 7.99. The molecule has 1 saturated heterocycles. The summed E-state index contributed by atoms with van der Waals surface area (Å²) in [4.78, 5) is 0. The minimum Gasteiger partial charge on any atom is -0.493 e. The van der Waals surface area contributed by atoms with Gasteiger partial charge in [-0.15, -0.1) is 0 Å². The van der Waals surface area contributed by atoms with Crippen molar-refractivity contribution in [1.82, 2.24) is 10.6 Å². The Morgan fingerprint density at radius 2 is 2.14 bits per heavy atom. The van der Waals surface area contributed by atoms with Crippen molar-refractivity contribution in [2.75, 3.05) is 33.4 Å².